The number of hydrogen-bond donors (Lipinski definition) is 3. The van der Waals surface area contributed by atoms with Crippen LogP contribution in [-0.4, -0.2) is 15.8 Å². The number of rotatable bonds is 4. The van der Waals surface area contributed by atoms with Gasteiger partial charge in [-0.15, -0.1) is 10.2 Å². The fourth-order valence-corrected chi connectivity index (χ4v) is 2.20. The first-order valence-electron chi connectivity index (χ1n) is 7.07. The molecule has 0 fully saturated rings. The zero-order valence-electron chi connectivity index (χ0n) is 13.0. The highest BCUT2D eigenvalue weighted by molar-refractivity contribution is 5.62. The predicted octanol–water partition coefficient (Wildman–Crippen LogP) is 4.01. The lowest BCUT2D eigenvalue weighted by atomic mass is 9.96. The highest BCUT2D eigenvalue weighted by atomic mass is 16.3. The van der Waals surface area contributed by atoms with Crippen LogP contribution in [0.2, 0.25) is 0 Å². The molecule has 5 nitrogen and oxygen atoms in total. The molecule has 22 heavy (non-hydrogen) atoms. The molecule has 2 aromatic rings. The number of nitrogens with zero attached hydrogens (tertiary/aromatic N) is 2. The Morgan fingerprint density at radius 3 is 2.36 bits per heavy atom. The maximum Gasteiger partial charge on any atom is 0.146 e. The zero-order valence-corrected chi connectivity index (χ0v) is 13.0. The summed E-state index contributed by atoms with van der Waals surface area (Å²) < 4.78 is 0. The first kappa shape index (κ1) is 16.0. The maximum atomic E-state index is 10.3. The van der Waals surface area contributed by atoms with Crippen LogP contribution >= 0.6 is 0 Å². The van der Waals surface area contributed by atoms with Gasteiger partial charge in [0.15, 0.2) is 0 Å². The van der Waals surface area contributed by atoms with Crippen LogP contribution in [0.25, 0.3) is 0 Å². The molecule has 0 radical (unpaired) electrons. The van der Waals surface area contributed by atoms with E-state index in [1.54, 1.807) is 32.0 Å². The summed E-state index contributed by atoms with van der Waals surface area (Å²) in [7, 11) is 0. The Morgan fingerprint density at radius 1 is 1.09 bits per heavy atom. The van der Waals surface area contributed by atoms with Crippen LogP contribution in [0.4, 0.5) is 17.1 Å². The number of aryl methyl sites for hydroxylation is 1. The molecular weight excluding hydrogens is 278 g/mol. The van der Waals surface area contributed by atoms with E-state index in [9.17, 15) is 10.2 Å². The third-order valence-electron chi connectivity index (χ3n) is 3.14. The van der Waals surface area contributed by atoms with E-state index >= 15 is 0 Å². The molecule has 0 aliphatic carbocycles. The summed E-state index contributed by atoms with van der Waals surface area (Å²) in [5, 5.41) is 28.5. The number of benzene rings is 2. The summed E-state index contributed by atoms with van der Waals surface area (Å²) in [5.41, 5.74) is 7.92. The van der Waals surface area contributed by atoms with Gasteiger partial charge in [0, 0.05) is 6.42 Å². The average Bonchev–Trinajstić information content (AvgIpc) is 2.41. The Labute approximate surface area is 130 Å². The van der Waals surface area contributed by atoms with Crippen LogP contribution in [-0.2, 0) is 6.42 Å². The summed E-state index contributed by atoms with van der Waals surface area (Å²) in [6.45, 7) is 5.30. The number of phenolic OH excluding ortho intramolecular Hbond substituents is 1. The highest BCUT2D eigenvalue weighted by Crippen LogP contribution is 2.35. The third kappa shape index (κ3) is 4.05. The molecule has 116 valence electrons. The van der Waals surface area contributed by atoms with Gasteiger partial charge in [0.05, 0.1) is 11.3 Å². The smallest absolute Gasteiger partial charge is 0.146 e. The molecular formula is C17H21N3O2. The minimum absolute atomic E-state index is 0.0333. The van der Waals surface area contributed by atoms with E-state index in [4.69, 9.17) is 5.73 Å². The van der Waals surface area contributed by atoms with Gasteiger partial charge in [-0.05, 0) is 50.1 Å². The molecule has 4 N–H and O–H groups in total. The van der Waals surface area contributed by atoms with Crippen molar-refractivity contribution in [3.63, 3.8) is 0 Å². The van der Waals surface area contributed by atoms with Gasteiger partial charge in [0.2, 0.25) is 0 Å². The normalized spacial score (nSPS) is 12.0. The van der Waals surface area contributed by atoms with Gasteiger partial charge < -0.3 is 15.9 Å². The lowest BCUT2D eigenvalue weighted by Crippen LogP contribution is -2.21. The molecule has 0 saturated heterocycles. The van der Waals surface area contributed by atoms with Crippen molar-refractivity contribution in [3.8, 4) is 5.75 Å². The summed E-state index contributed by atoms with van der Waals surface area (Å²) >= 11 is 0. The van der Waals surface area contributed by atoms with Crippen molar-refractivity contribution in [1.29, 1.82) is 0 Å². The van der Waals surface area contributed by atoms with Crippen molar-refractivity contribution in [2.75, 3.05) is 5.73 Å². The third-order valence-corrected chi connectivity index (χ3v) is 3.14. The lowest BCUT2D eigenvalue weighted by molar-refractivity contribution is 0.0803. The molecule has 0 spiro atoms. The van der Waals surface area contributed by atoms with Gasteiger partial charge in [-0.25, -0.2) is 0 Å². The second-order valence-corrected chi connectivity index (χ2v) is 6.04. The molecule has 2 rings (SSSR count). The molecule has 0 saturated carbocycles. The highest BCUT2D eigenvalue weighted by Gasteiger charge is 2.18. The summed E-state index contributed by atoms with van der Waals surface area (Å²) in [6.07, 6.45) is 0.330. The number of para-hydroxylation sites is 1. The monoisotopic (exact) mass is 299 g/mol. The Bertz CT molecular complexity index is 704. The standard InChI is InChI=1S/C17H21N3O2/c1-11-8-12(10-17(2,3)22)16(21)15(9-11)20-19-14-7-5-4-6-13(14)18/h4-9,21-22H,10,18H2,1-3H3. The van der Waals surface area contributed by atoms with E-state index in [1.807, 2.05) is 25.1 Å². The number of nitrogens with two attached hydrogens (primary N) is 1. The van der Waals surface area contributed by atoms with Crippen LogP contribution < -0.4 is 5.73 Å². The van der Waals surface area contributed by atoms with Crippen molar-refractivity contribution in [1.82, 2.24) is 0 Å². The Kier molecular flexibility index (Phi) is 4.47. The lowest BCUT2D eigenvalue weighted by Gasteiger charge is -2.18. The molecule has 2 aromatic carbocycles. The van der Waals surface area contributed by atoms with E-state index in [0.717, 1.165) is 5.56 Å². The predicted molar refractivity (Wildman–Crippen MR) is 87.9 cm³/mol. The SMILES string of the molecule is Cc1cc(CC(C)(C)O)c(O)c(N=Nc2ccccc2N)c1. The fourth-order valence-electron chi connectivity index (χ4n) is 2.20. The van der Waals surface area contributed by atoms with E-state index in [2.05, 4.69) is 10.2 Å². The van der Waals surface area contributed by atoms with Gasteiger partial charge in [0.25, 0.3) is 0 Å². The first-order valence-corrected chi connectivity index (χ1v) is 7.07. The van der Waals surface area contributed by atoms with Crippen LogP contribution in [0.15, 0.2) is 46.6 Å². The van der Waals surface area contributed by atoms with Gasteiger partial charge in [0.1, 0.15) is 17.1 Å². The molecule has 0 amide bonds. The maximum absolute atomic E-state index is 10.3. The number of aliphatic hydroxyl groups is 1. The van der Waals surface area contributed by atoms with Gasteiger partial charge in [-0.2, -0.15) is 0 Å². The minimum atomic E-state index is -0.913. The van der Waals surface area contributed by atoms with Crippen molar-refractivity contribution in [2.24, 2.45) is 10.2 Å². The van der Waals surface area contributed by atoms with Crippen LogP contribution in [0.5, 0.6) is 5.75 Å². The van der Waals surface area contributed by atoms with Crippen LogP contribution in [0, 0.1) is 6.92 Å². The average molecular weight is 299 g/mol. The fraction of sp³-hybridized carbons (Fsp3) is 0.294. The van der Waals surface area contributed by atoms with Crippen molar-refractivity contribution < 1.29 is 10.2 Å². The number of anilines is 1. The van der Waals surface area contributed by atoms with Gasteiger partial charge in [-0.3, -0.25) is 0 Å². The molecule has 0 unspecified atom stereocenters. The summed E-state index contributed by atoms with van der Waals surface area (Å²) in [4.78, 5) is 0. The molecule has 0 atom stereocenters. The quantitative estimate of drug-likeness (QED) is 0.588. The largest absolute Gasteiger partial charge is 0.505 e. The Hall–Kier alpha value is -2.40. The van der Waals surface area contributed by atoms with Gasteiger partial charge >= 0.3 is 0 Å². The summed E-state index contributed by atoms with van der Waals surface area (Å²) in [5.74, 6) is 0.0333. The topological polar surface area (TPSA) is 91.2 Å². The number of nitrogen functional groups attached to an aromatic ring is 1. The van der Waals surface area contributed by atoms with E-state index in [0.29, 0.717) is 29.0 Å². The van der Waals surface area contributed by atoms with Crippen molar-refractivity contribution in [2.45, 2.75) is 32.8 Å². The zero-order chi connectivity index (χ0) is 16.3. The van der Waals surface area contributed by atoms with Crippen LogP contribution in [0.3, 0.4) is 0 Å². The van der Waals surface area contributed by atoms with Crippen LogP contribution in [0.1, 0.15) is 25.0 Å². The van der Waals surface area contributed by atoms with E-state index in [-0.39, 0.29) is 5.75 Å². The summed E-state index contributed by atoms with van der Waals surface area (Å²) in [6, 6.07) is 10.7. The Balaban J connectivity index is 2.37. The number of aromatic hydroxyl groups is 1. The van der Waals surface area contributed by atoms with Crippen molar-refractivity contribution in [3.05, 3.63) is 47.5 Å². The molecule has 0 aliphatic rings. The number of hydrogen-bond acceptors (Lipinski definition) is 5. The first-order chi connectivity index (χ1) is 10.3. The molecule has 0 heterocycles. The molecule has 0 aromatic heterocycles. The second kappa shape index (κ2) is 6.15. The molecule has 0 aliphatic heterocycles. The molecule has 5 heteroatoms. The van der Waals surface area contributed by atoms with E-state index in [1.165, 1.54) is 0 Å². The van der Waals surface area contributed by atoms with E-state index < -0.39 is 5.60 Å². The van der Waals surface area contributed by atoms with Crippen molar-refractivity contribution >= 4 is 17.1 Å². The number of phenols is 1. The molecule has 0 bridgehead atoms. The second-order valence-electron chi connectivity index (χ2n) is 6.04. The van der Waals surface area contributed by atoms with Gasteiger partial charge in [-0.1, -0.05) is 18.2 Å². The minimum Gasteiger partial charge on any atom is -0.505 e. The number of azo groups is 1. The Morgan fingerprint density at radius 2 is 1.73 bits per heavy atom.